The molecule has 7 heteroatoms. The zero-order chi connectivity index (χ0) is 21.2. The number of amides is 1. The molecule has 1 saturated heterocycles. The van der Waals surface area contributed by atoms with E-state index in [-0.39, 0.29) is 24.5 Å². The normalized spacial score (nSPS) is 14.6. The molecule has 1 aliphatic heterocycles. The molecule has 1 aromatic carbocycles. The van der Waals surface area contributed by atoms with E-state index in [1.54, 1.807) is 6.07 Å². The molecule has 0 aliphatic carbocycles. The monoisotopic (exact) mass is 430 g/mol. The first-order valence-electron chi connectivity index (χ1n) is 10.4. The smallest absolute Gasteiger partial charge is 0.220 e. The van der Waals surface area contributed by atoms with E-state index >= 15 is 0 Å². The van der Waals surface area contributed by atoms with Crippen LogP contribution in [0.25, 0.3) is 0 Å². The van der Waals surface area contributed by atoms with Gasteiger partial charge in [0.2, 0.25) is 5.91 Å². The summed E-state index contributed by atoms with van der Waals surface area (Å²) in [6.07, 6.45) is 2.58. The third-order valence-corrected chi connectivity index (χ3v) is 6.20. The lowest BCUT2D eigenvalue weighted by Gasteiger charge is -2.31. The molecule has 0 spiro atoms. The van der Waals surface area contributed by atoms with Crippen molar-refractivity contribution in [2.45, 2.75) is 38.3 Å². The maximum atomic E-state index is 12.1. The fraction of sp³-hybridized carbons (Fsp3) is 0.478. The summed E-state index contributed by atoms with van der Waals surface area (Å²) in [4.78, 5) is 27.1. The lowest BCUT2D eigenvalue weighted by molar-refractivity contribution is -0.121. The number of carbonyl (C=O) groups is 2. The predicted molar refractivity (Wildman–Crippen MR) is 118 cm³/mol. The van der Waals surface area contributed by atoms with Gasteiger partial charge in [0.05, 0.1) is 4.88 Å². The zero-order valence-electron chi connectivity index (χ0n) is 17.5. The lowest BCUT2D eigenvalue weighted by atomic mass is 10.1. The van der Waals surface area contributed by atoms with Crippen molar-refractivity contribution < 1.29 is 19.1 Å². The van der Waals surface area contributed by atoms with Crippen LogP contribution in [0.2, 0.25) is 0 Å². The Labute approximate surface area is 182 Å². The third-order valence-electron chi connectivity index (χ3n) is 5.29. The predicted octanol–water partition coefficient (Wildman–Crippen LogP) is 3.52. The minimum atomic E-state index is -0.121. The molecular formula is C23H30N2O4S. The molecule has 2 aromatic rings. The van der Waals surface area contributed by atoms with Gasteiger partial charge in [-0.3, -0.25) is 14.5 Å². The second-order valence-electron chi connectivity index (χ2n) is 7.50. The van der Waals surface area contributed by atoms with Gasteiger partial charge in [-0.25, -0.2) is 0 Å². The summed E-state index contributed by atoms with van der Waals surface area (Å²) in [5.74, 6) is 0.695. The Balaban J connectivity index is 1.36. The van der Waals surface area contributed by atoms with Crippen molar-refractivity contribution in [2.75, 3.05) is 33.4 Å². The highest BCUT2D eigenvalue weighted by Gasteiger charge is 2.18. The van der Waals surface area contributed by atoms with Crippen LogP contribution in [-0.2, 0) is 16.1 Å². The number of likely N-dealkylation sites (N-methyl/N-ethyl adjacent to an activating group) is 1. The Morgan fingerprint density at radius 2 is 2.03 bits per heavy atom. The molecule has 6 nitrogen and oxygen atoms in total. The first kappa shape index (κ1) is 22.5. The number of thiophene rings is 1. The van der Waals surface area contributed by atoms with Crippen molar-refractivity contribution in [1.82, 2.24) is 10.2 Å². The fourth-order valence-electron chi connectivity index (χ4n) is 3.44. The van der Waals surface area contributed by atoms with Crippen LogP contribution in [-0.4, -0.2) is 56.0 Å². The average molecular weight is 431 g/mol. The van der Waals surface area contributed by atoms with Crippen LogP contribution in [0.4, 0.5) is 0 Å². The maximum absolute atomic E-state index is 12.1. The molecule has 0 radical (unpaired) electrons. The molecule has 3 rings (SSSR count). The number of hydrogen-bond acceptors (Lipinski definition) is 6. The van der Waals surface area contributed by atoms with Gasteiger partial charge in [-0.1, -0.05) is 18.2 Å². The van der Waals surface area contributed by atoms with Crippen LogP contribution in [0.3, 0.4) is 0 Å². The van der Waals surface area contributed by atoms with Gasteiger partial charge in [0.25, 0.3) is 0 Å². The lowest BCUT2D eigenvalue weighted by Crippen LogP contribution is -2.38. The van der Waals surface area contributed by atoms with Gasteiger partial charge in [0.15, 0.2) is 5.78 Å². The molecule has 2 heterocycles. The van der Waals surface area contributed by atoms with Crippen LogP contribution < -0.4 is 10.1 Å². The summed E-state index contributed by atoms with van der Waals surface area (Å²) in [5, 5.41) is 4.75. The summed E-state index contributed by atoms with van der Waals surface area (Å²) in [6, 6.07) is 12.0. The first-order valence-corrected chi connectivity index (χ1v) is 11.3. The standard InChI is InChI=1S/C23H30N2O4S/c1-25(19-9-12-28-13-10-19)11-14-29-20-5-2-4-18(16-20)17-24-23(27)8-7-21(26)22-6-3-15-30-22/h2-6,15-16,19H,7-14,17H2,1H3,(H,24,27). The SMILES string of the molecule is CN(CCOc1cccc(CNC(=O)CCC(=O)c2cccs2)c1)C1CCOCC1. The van der Waals surface area contributed by atoms with E-state index in [1.165, 1.54) is 11.3 Å². The first-order chi connectivity index (χ1) is 14.6. The number of carbonyl (C=O) groups excluding carboxylic acids is 2. The number of ether oxygens (including phenoxy) is 2. The third kappa shape index (κ3) is 7.23. The molecule has 0 bridgehead atoms. The highest BCUT2D eigenvalue weighted by molar-refractivity contribution is 7.12. The summed E-state index contributed by atoms with van der Waals surface area (Å²) in [7, 11) is 2.13. The van der Waals surface area contributed by atoms with E-state index in [4.69, 9.17) is 9.47 Å². The highest BCUT2D eigenvalue weighted by Crippen LogP contribution is 2.16. The van der Waals surface area contributed by atoms with Crippen molar-refractivity contribution in [2.24, 2.45) is 0 Å². The van der Waals surface area contributed by atoms with E-state index in [0.29, 0.717) is 24.1 Å². The molecule has 1 amide bonds. The number of nitrogens with one attached hydrogen (secondary N) is 1. The summed E-state index contributed by atoms with van der Waals surface area (Å²) < 4.78 is 11.3. The largest absolute Gasteiger partial charge is 0.492 e. The van der Waals surface area contributed by atoms with Gasteiger partial charge < -0.3 is 14.8 Å². The Kier molecular flexibility index (Phi) is 8.86. The van der Waals surface area contributed by atoms with Crippen molar-refractivity contribution in [3.63, 3.8) is 0 Å². The van der Waals surface area contributed by atoms with Crippen molar-refractivity contribution in [3.05, 3.63) is 52.2 Å². The molecule has 1 aromatic heterocycles. The molecule has 0 unspecified atom stereocenters. The van der Waals surface area contributed by atoms with Crippen molar-refractivity contribution in [1.29, 1.82) is 0 Å². The average Bonchev–Trinajstić information content (AvgIpc) is 3.32. The highest BCUT2D eigenvalue weighted by atomic mass is 32.1. The van der Waals surface area contributed by atoms with Gasteiger partial charge in [-0.15, -0.1) is 11.3 Å². The molecule has 1 fully saturated rings. The second kappa shape index (κ2) is 11.8. The van der Waals surface area contributed by atoms with Crippen LogP contribution in [0.5, 0.6) is 5.75 Å². The van der Waals surface area contributed by atoms with Crippen LogP contribution >= 0.6 is 11.3 Å². The Hall–Kier alpha value is -2.22. The molecule has 30 heavy (non-hydrogen) atoms. The van der Waals surface area contributed by atoms with E-state index in [1.807, 2.05) is 35.7 Å². The summed E-state index contributed by atoms with van der Waals surface area (Å²) >= 11 is 1.41. The summed E-state index contributed by atoms with van der Waals surface area (Å²) in [6.45, 7) is 3.58. The number of Topliss-reactive ketones (excluding diaryl/α,β-unsaturated/α-hetero) is 1. The van der Waals surface area contributed by atoms with E-state index < -0.39 is 0 Å². The number of hydrogen-bond donors (Lipinski definition) is 1. The quantitative estimate of drug-likeness (QED) is 0.553. The Bertz CT molecular complexity index is 803. The van der Waals surface area contributed by atoms with Gasteiger partial charge >= 0.3 is 0 Å². The van der Waals surface area contributed by atoms with Crippen LogP contribution in [0.15, 0.2) is 41.8 Å². The molecule has 162 valence electrons. The van der Waals surface area contributed by atoms with Crippen molar-refractivity contribution >= 4 is 23.0 Å². The number of rotatable bonds is 11. The number of ketones is 1. The van der Waals surface area contributed by atoms with E-state index in [9.17, 15) is 9.59 Å². The molecule has 1 aliphatic rings. The number of nitrogens with zero attached hydrogens (tertiary/aromatic N) is 1. The van der Waals surface area contributed by atoms with Crippen molar-refractivity contribution in [3.8, 4) is 5.75 Å². The van der Waals surface area contributed by atoms with Gasteiger partial charge in [-0.05, 0) is 49.0 Å². The van der Waals surface area contributed by atoms with Gasteiger partial charge in [-0.2, -0.15) is 0 Å². The van der Waals surface area contributed by atoms with E-state index in [0.717, 1.165) is 43.9 Å². The molecule has 0 atom stereocenters. The summed E-state index contributed by atoms with van der Waals surface area (Å²) in [5.41, 5.74) is 0.975. The minimum Gasteiger partial charge on any atom is -0.492 e. The van der Waals surface area contributed by atoms with E-state index in [2.05, 4.69) is 17.3 Å². The Morgan fingerprint density at radius 3 is 2.80 bits per heavy atom. The van der Waals surface area contributed by atoms with Crippen LogP contribution in [0, 0.1) is 0 Å². The van der Waals surface area contributed by atoms with Gasteiger partial charge in [0.1, 0.15) is 12.4 Å². The Morgan fingerprint density at radius 1 is 1.20 bits per heavy atom. The molecule has 0 saturated carbocycles. The maximum Gasteiger partial charge on any atom is 0.220 e. The number of benzene rings is 1. The topological polar surface area (TPSA) is 67.9 Å². The molecule has 1 N–H and O–H groups in total. The van der Waals surface area contributed by atoms with Crippen LogP contribution in [0.1, 0.15) is 40.9 Å². The fourth-order valence-corrected chi connectivity index (χ4v) is 4.13. The molecular weight excluding hydrogens is 400 g/mol. The zero-order valence-corrected chi connectivity index (χ0v) is 18.3. The van der Waals surface area contributed by atoms with Gasteiger partial charge in [0, 0.05) is 45.2 Å². The second-order valence-corrected chi connectivity index (χ2v) is 8.44. The minimum absolute atomic E-state index is 0.0151.